The monoisotopic (exact) mass is 227 g/mol. The smallest absolute Gasteiger partial charge is 0.0237 e. The molecule has 0 aliphatic heterocycles. The van der Waals surface area contributed by atoms with E-state index in [0.29, 0.717) is 0 Å². The van der Waals surface area contributed by atoms with E-state index in [4.69, 9.17) is 0 Å². The van der Waals surface area contributed by atoms with Gasteiger partial charge < -0.3 is 0 Å². The second-order valence-electron chi connectivity index (χ2n) is 4.55. The van der Waals surface area contributed by atoms with Gasteiger partial charge in [0.1, 0.15) is 0 Å². The van der Waals surface area contributed by atoms with Crippen LogP contribution in [-0.2, 0) is 6.54 Å². The van der Waals surface area contributed by atoms with Crippen LogP contribution < -0.4 is 0 Å². The molecule has 0 heterocycles. The Morgan fingerprint density at radius 1 is 1.06 bits per heavy atom. The van der Waals surface area contributed by atoms with Crippen LogP contribution in [-0.4, -0.2) is 18.0 Å². The van der Waals surface area contributed by atoms with Crippen LogP contribution in [0.15, 0.2) is 54.1 Å². The summed E-state index contributed by atoms with van der Waals surface area (Å²) in [6, 6.07) is 10.7. The Morgan fingerprint density at radius 3 is 2.53 bits per heavy atom. The lowest BCUT2D eigenvalue weighted by Crippen LogP contribution is -2.25. The maximum atomic E-state index is 2.48. The maximum absolute atomic E-state index is 2.48. The zero-order valence-electron chi connectivity index (χ0n) is 10.6. The van der Waals surface area contributed by atoms with E-state index in [-0.39, 0.29) is 0 Å². The number of rotatable bonds is 5. The molecule has 0 N–H and O–H groups in total. The SMILES string of the molecule is CCN(CC1=CCCC=C1)Cc1ccccc1. The van der Waals surface area contributed by atoms with Gasteiger partial charge in [-0.3, -0.25) is 4.90 Å². The third kappa shape index (κ3) is 3.86. The summed E-state index contributed by atoms with van der Waals surface area (Å²) in [6.45, 7) is 5.44. The maximum Gasteiger partial charge on any atom is 0.0237 e. The highest BCUT2D eigenvalue weighted by Crippen LogP contribution is 2.13. The van der Waals surface area contributed by atoms with Crippen molar-refractivity contribution in [1.82, 2.24) is 4.90 Å². The zero-order valence-corrected chi connectivity index (χ0v) is 10.6. The molecule has 1 aromatic carbocycles. The van der Waals surface area contributed by atoms with Gasteiger partial charge >= 0.3 is 0 Å². The van der Waals surface area contributed by atoms with Gasteiger partial charge in [-0.25, -0.2) is 0 Å². The highest BCUT2D eigenvalue weighted by Gasteiger charge is 2.06. The van der Waals surface area contributed by atoms with Crippen molar-refractivity contribution in [1.29, 1.82) is 0 Å². The molecule has 1 nitrogen and oxygen atoms in total. The Morgan fingerprint density at radius 2 is 1.88 bits per heavy atom. The van der Waals surface area contributed by atoms with Crippen LogP contribution in [0, 0.1) is 0 Å². The summed E-state index contributed by atoms with van der Waals surface area (Å²) < 4.78 is 0. The Hall–Kier alpha value is -1.34. The largest absolute Gasteiger partial charge is 0.295 e. The molecule has 17 heavy (non-hydrogen) atoms. The molecule has 0 aromatic heterocycles. The molecule has 0 spiro atoms. The van der Waals surface area contributed by atoms with Crippen molar-refractivity contribution in [3.63, 3.8) is 0 Å². The Balaban J connectivity index is 1.93. The number of hydrogen-bond donors (Lipinski definition) is 0. The normalized spacial score (nSPS) is 15.1. The summed E-state index contributed by atoms with van der Waals surface area (Å²) in [7, 11) is 0. The highest BCUT2D eigenvalue weighted by molar-refractivity contribution is 5.24. The third-order valence-corrected chi connectivity index (χ3v) is 3.17. The van der Waals surface area contributed by atoms with E-state index in [9.17, 15) is 0 Å². The van der Waals surface area contributed by atoms with E-state index in [0.717, 1.165) is 19.6 Å². The molecular formula is C16H21N. The second kappa shape index (κ2) is 6.41. The van der Waals surface area contributed by atoms with E-state index in [1.807, 2.05) is 0 Å². The first kappa shape index (κ1) is 12.1. The summed E-state index contributed by atoms with van der Waals surface area (Å²) >= 11 is 0. The summed E-state index contributed by atoms with van der Waals surface area (Å²) in [5.41, 5.74) is 2.86. The zero-order chi connectivity index (χ0) is 11.9. The van der Waals surface area contributed by atoms with Crippen LogP contribution in [0.1, 0.15) is 25.3 Å². The Labute approximate surface area is 104 Å². The van der Waals surface area contributed by atoms with Gasteiger partial charge in [-0.1, -0.05) is 55.5 Å². The van der Waals surface area contributed by atoms with Gasteiger partial charge in [0.05, 0.1) is 0 Å². The fraction of sp³-hybridized carbons (Fsp3) is 0.375. The van der Waals surface area contributed by atoms with Crippen LogP contribution in [0.25, 0.3) is 0 Å². The molecule has 0 radical (unpaired) electrons. The number of likely N-dealkylation sites (N-methyl/N-ethyl adjacent to an activating group) is 1. The molecule has 1 aliphatic carbocycles. The average molecular weight is 227 g/mol. The summed E-state index contributed by atoms with van der Waals surface area (Å²) in [5.74, 6) is 0. The van der Waals surface area contributed by atoms with Crippen LogP contribution >= 0.6 is 0 Å². The fourth-order valence-corrected chi connectivity index (χ4v) is 2.16. The van der Waals surface area contributed by atoms with Crippen molar-refractivity contribution in [3.8, 4) is 0 Å². The number of benzene rings is 1. The van der Waals surface area contributed by atoms with E-state index >= 15 is 0 Å². The standard InChI is InChI=1S/C16H21N/c1-2-17(13-15-9-5-3-6-10-15)14-16-11-7-4-8-12-16/h3,5-7,9-12H,2,4,8,13-14H2,1H3. The average Bonchev–Trinajstić information content (AvgIpc) is 2.40. The van der Waals surface area contributed by atoms with Crippen molar-refractivity contribution in [2.75, 3.05) is 13.1 Å². The topological polar surface area (TPSA) is 3.24 Å². The Bertz CT molecular complexity index is 389. The van der Waals surface area contributed by atoms with Crippen LogP contribution in [0.3, 0.4) is 0 Å². The minimum atomic E-state index is 1.04. The first-order valence-corrected chi connectivity index (χ1v) is 6.50. The first-order valence-electron chi connectivity index (χ1n) is 6.50. The summed E-state index contributed by atoms with van der Waals surface area (Å²) in [4.78, 5) is 2.48. The first-order chi connectivity index (χ1) is 8.38. The van der Waals surface area contributed by atoms with Crippen molar-refractivity contribution in [2.24, 2.45) is 0 Å². The fourth-order valence-electron chi connectivity index (χ4n) is 2.16. The van der Waals surface area contributed by atoms with E-state index < -0.39 is 0 Å². The quantitative estimate of drug-likeness (QED) is 0.740. The molecular weight excluding hydrogens is 206 g/mol. The van der Waals surface area contributed by atoms with Crippen molar-refractivity contribution < 1.29 is 0 Å². The van der Waals surface area contributed by atoms with Crippen LogP contribution in [0.5, 0.6) is 0 Å². The van der Waals surface area contributed by atoms with E-state index in [1.165, 1.54) is 24.0 Å². The lowest BCUT2D eigenvalue weighted by molar-refractivity contribution is 0.306. The number of hydrogen-bond acceptors (Lipinski definition) is 1. The second-order valence-corrected chi connectivity index (χ2v) is 4.55. The Kier molecular flexibility index (Phi) is 4.57. The molecule has 0 bridgehead atoms. The van der Waals surface area contributed by atoms with E-state index in [1.54, 1.807) is 0 Å². The van der Waals surface area contributed by atoms with Crippen molar-refractivity contribution >= 4 is 0 Å². The van der Waals surface area contributed by atoms with Crippen molar-refractivity contribution in [3.05, 3.63) is 59.7 Å². The molecule has 2 rings (SSSR count). The minimum absolute atomic E-state index is 1.04. The van der Waals surface area contributed by atoms with Gasteiger partial charge in [-0.15, -0.1) is 0 Å². The third-order valence-electron chi connectivity index (χ3n) is 3.17. The van der Waals surface area contributed by atoms with Crippen LogP contribution in [0.2, 0.25) is 0 Å². The van der Waals surface area contributed by atoms with E-state index in [2.05, 4.69) is 60.4 Å². The van der Waals surface area contributed by atoms with Gasteiger partial charge in [0, 0.05) is 13.1 Å². The minimum Gasteiger partial charge on any atom is -0.295 e. The molecule has 1 heteroatoms. The molecule has 0 unspecified atom stereocenters. The van der Waals surface area contributed by atoms with Gasteiger partial charge in [0.2, 0.25) is 0 Å². The molecule has 0 saturated heterocycles. The summed E-state index contributed by atoms with van der Waals surface area (Å²) in [6.07, 6.45) is 9.33. The predicted molar refractivity (Wildman–Crippen MR) is 73.9 cm³/mol. The lowest BCUT2D eigenvalue weighted by Gasteiger charge is -2.22. The lowest BCUT2D eigenvalue weighted by atomic mass is 10.1. The molecule has 1 aliphatic rings. The van der Waals surface area contributed by atoms with Gasteiger partial charge in [0.15, 0.2) is 0 Å². The molecule has 0 saturated carbocycles. The number of allylic oxidation sites excluding steroid dienone is 2. The van der Waals surface area contributed by atoms with Gasteiger partial charge in [0.25, 0.3) is 0 Å². The summed E-state index contributed by atoms with van der Waals surface area (Å²) in [5, 5.41) is 0. The van der Waals surface area contributed by atoms with Crippen molar-refractivity contribution in [2.45, 2.75) is 26.3 Å². The molecule has 90 valence electrons. The number of nitrogens with zero attached hydrogens (tertiary/aromatic N) is 1. The predicted octanol–water partition coefficient (Wildman–Crippen LogP) is 3.78. The molecule has 0 fully saturated rings. The van der Waals surface area contributed by atoms with Gasteiger partial charge in [-0.05, 0) is 30.5 Å². The highest BCUT2D eigenvalue weighted by atomic mass is 15.1. The molecule has 0 amide bonds. The molecule has 0 atom stereocenters. The molecule has 1 aromatic rings. The van der Waals surface area contributed by atoms with Crippen LogP contribution in [0.4, 0.5) is 0 Å². The van der Waals surface area contributed by atoms with Gasteiger partial charge in [-0.2, -0.15) is 0 Å².